The van der Waals surface area contributed by atoms with Gasteiger partial charge in [-0.1, -0.05) is 90.4 Å². The molecule has 0 aromatic rings. The minimum Gasteiger partial charge on any atom is -0.458 e. The van der Waals surface area contributed by atoms with E-state index in [1.807, 2.05) is 0 Å². The number of phosphoric acid groups is 1. The topological polar surface area (TPSA) is 91.3 Å². The first kappa shape index (κ1) is 37.1. The van der Waals surface area contributed by atoms with Crippen molar-refractivity contribution in [2.75, 3.05) is 39.5 Å². The summed E-state index contributed by atoms with van der Waals surface area (Å²) in [5.74, 6) is -0.486. The summed E-state index contributed by atoms with van der Waals surface area (Å²) in [7, 11) is -4.34. The summed E-state index contributed by atoms with van der Waals surface area (Å²) in [5.41, 5.74) is 1.02. The lowest BCUT2D eigenvalue weighted by Gasteiger charge is -2.41. The van der Waals surface area contributed by atoms with Crippen molar-refractivity contribution in [3.63, 3.8) is 0 Å². The minimum absolute atomic E-state index is 0.116. The first-order valence-corrected chi connectivity index (χ1v) is 17.7. The van der Waals surface area contributed by atoms with Gasteiger partial charge in [-0.05, 0) is 33.1 Å². The highest BCUT2D eigenvalue weighted by molar-refractivity contribution is 7.47. The fourth-order valence-corrected chi connectivity index (χ4v) is 6.19. The average Bonchev–Trinajstić information content (AvgIpc) is 2.94. The SMILES string of the molecule is CCCCCCCCCCCCCCCCOCC(COP(=O)(O)OC=C1CCCC[N+]1(CC)CC)OC(C)=O. The van der Waals surface area contributed by atoms with Gasteiger partial charge in [0.15, 0.2) is 6.26 Å². The van der Waals surface area contributed by atoms with Crippen LogP contribution >= 0.6 is 7.82 Å². The number of piperidine rings is 1. The Hall–Kier alpha value is -0.920. The van der Waals surface area contributed by atoms with Crippen molar-refractivity contribution in [2.45, 2.75) is 143 Å². The fourth-order valence-electron chi connectivity index (χ4n) is 5.52. The van der Waals surface area contributed by atoms with Gasteiger partial charge >= 0.3 is 13.8 Å². The van der Waals surface area contributed by atoms with E-state index < -0.39 is 19.9 Å². The molecule has 8 nitrogen and oxygen atoms in total. The van der Waals surface area contributed by atoms with Crippen LogP contribution in [0.2, 0.25) is 0 Å². The second-order valence-corrected chi connectivity index (χ2v) is 12.7. The van der Waals surface area contributed by atoms with Gasteiger partial charge in [0.2, 0.25) is 0 Å². The van der Waals surface area contributed by atoms with Crippen molar-refractivity contribution >= 4 is 13.8 Å². The van der Waals surface area contributed by atoms with E-state index in [9.17, 15) is 14.3 Å². The number of quaternary nitrogens is 1. The number of phosphoric ester groups is 1. The number of allylic oxidation sites excluding steroid dienone is 1. The van der Waals surface area contributed by atoms with Gasteiger partial charge in [-0.3, -0.25) is 18.7 Å². The number of carbonyl (C=O) groups is 1. The summed E-state index contributed by atoms with van der Waals surface area (Å²) in [6.07, 6.45) is 21.8. The Balaban J connectivity index is 2.21. The molecule has 0 aromatic carbocycles. The van der Waals surface area contributed by atoms with Crippen LogP contribution < -0.4 is 0 Å². The zero-order valence-corrected chi connectivity index (χ0v) is 27.1. The highest BCUT2D eigenvalue weighted by atomic mass is 31.2. The molecule has 9 heteroatoms. The first-order chi connectivity index (χ1) is 19.3. The number of esters is 1. The number of likely N-dealkylation sites (tertiary alicyclic amines) is 1. The number of ether oxygens (including phenoxy) is 2. The molecule has 0 aliphatic carbocycles. The normalized spacial score (nSPS) is 18.4. The molecule has 0 saturated carbocycles. The van der Waals surface area contributed by atoms with Crippen LogP contribution in [-0.2, 0) is 27.9 Å². The molecule has 0 aromatic heterocycles. The molecule has 2 atom stereocenters. The van der Waals surface area contributed by atoms with E-state index in [0.29, 0.717) is 6.61 Å². The Morgan fingerprint density at radius 1 is 0.875 bits per heavy atom. The zero-order chi connectivity index (χ0) is 29.5. The Labute approximate surface area is 245 Å². The van der Waals surface area contributed by atoms with Crippen molar-refractivity contribution in [3.8, 4) is 0 Å². The van der Waals surface area contributed by atoms with Gasteiger partial charge in [0.1, 0.15) is 11.8 Å². The van der Waals surface area contributed by atoms with Crippen molar-refractivity contribution < 1.29 is 37.3 Å². The van der Waals surface area contributed by atoms with Gasteiger partial charge in [0, 0.05) is 20.0 Å². The fraction of sp³-hybridized carbons (Fsp3) is 0.903. The molecule has 0 bridgehead atoms. The maximum absolute atomic E-state index is 12.5. The van der Waals surface area contributed by atoms with Crippen LogP contribution in [0, 0.1) is 0 Å². The summed E-state index contributed by atoms with van der Waals surface area (Å²) >= 11 is 0. The Bertz CT molecular complexity index is 726. The third-order valence-corrected chi connectivity index (χ3v) is 8.96. The smallest absolute Gasteiger partial charge is 0.458 e. The van der Waals surface area contributed by atoms with E-state index in [4.69, 9.17) is 18.5 Å². The average molecular weight is 591 g/mol. The largest absolute Gasteiger partial charge is 0.527 e. The van der Waals surface area contributed by atoms with Crippen molar-refractivity contribution in [2.24, 2.45) is 0 Å². The molecule has 1 rings (SSSR count). The van der Waals surface area contributed by atoms with E-state index >= 15 is 0 Å². The maximum Gasteiger partial charge on any atom is 0.527 e. The van der Waals surface area contributed by atoms with Crippen LogP contribution in [0.1, 0.15) is 137 Å². The summed E-state index contributed by atoms with van der Waals surface area (Å²) in [6.45, 7) is 11.0. The van der Waals surface area contributed by atoms with E-state index in [2.05, 4.69) is 20.8 Å². The molecule has 0 radical (unpaired) electrons. The zero-order valence-electron chi connectivity index (χ0n) is 26.2. The molecule has 1 fully saturated rings. The second kappa shape index (κ2) is 22.6. The highest BCUT2D eigenvalue weighted by Crippen LogP contribution is 2.45. The van der Waals surface area contributed by atoms with Gasteiger partial charge < -0.3 is 14.0 Å². The van der Waals surface area contributed by atoms with E-state index in [0.717, 1.165) is 61.9 Å². The van der Waals surface area contributed by atoms with E-state index in [1.165, 1.54) is 90.2 Å². The number of unbranched alkanes of at least 4 members (excludes halogenated alkanes) is 13. The summed E-state index contributed by atoms with van der Waals surface area (Å²) in [6, 6.07) is 0. The van der Waals surface area contributed by atoms with Crippen LogP contribution in [0.4, 0.5) is 0 Å². The third kappa shape index (κ3) is 17.1. The molecule has 1 heterocycles. The number of rotatable bonds is 25. The van der Waals surface area contributed by atoms with Crippen LogP contribution in [0.5, 0.6) is 0 Å². The maximum atomic E-state index is 12.5. The molecule has 0 spiro atoms. The minimum atomic E-state index is -4.34. The van der Waals surface area contributed by atoms with Gasteiger partial charge in [0.25, 0.3) is 0 Å². The monoisotopic (exact) mass is 590 g/mol. The third-order valence-electron chi connectivity index (χ3n) is 8.11. The lowest BCUT2D eigenvalue weighted by atomic mass is 10.0. The quantitative estimate of drug-likeness (QED) is 0.0375. The number of hydrogen-bond acceptors (Lipinski definition) is 6. The Morgan fingerprint density at radius 3 is 1.95 bits per heavy atom. The van der Waals surface area contributed by atoms with Gasteiger partial charge in [-0.15, -0.1) is 0 Å². The highest BCUT2D eigenvalue weighted by Gasteiger charge is 2.34. The standard InChI is InChI=1S/C31H60NO7P/c1-5-8-9-10-11-12-13-14-15-16-17-18-19-22-25-36-27-31(39-29(4)33)28-38-40(34,35)37-26-30-23-20-21-24-32(30,6-2)7-3/h26,31H,5-25,27-28H2,1-4H3/p+1. The molecule has 236 valence electrons. The van der Waals surface area contributed by atoms with Crippen LogP contribution in [-0.4, -0.2) is 60.9 Å². The molecular weight excluding hydrogens is 529 g/mol. The molecule has 40 heavy (non-hydrogen) atoms. The van der Waals surface area contributed by atoms with Gasteiger partial charge in [-0.25, -0.2) is 4.57 Å². The predicted molar refractivity (Wildman–Crippen MR) is 162 cm³/mol. The van der Waals surface area contributed by atoms with Crippen LogP contribution in [0.25, 0.3) is 0 Å². The molecule has 2 unspecified atom stereocenters. The van der Waals surface area contributed by atoms with E-state index in [1.54, 1.807) is 0 Å². The van der Waals surface area contributed by atoms with Gasteiger partial charge in [-0.2, -0.15) is 0 Å². The molecule has 1 aliphatic rings. The lowest BCUT2D eigenvalue weighted by Crippen LogP contribution is -2.49. The number of nitrogens with zero attached hydrogens (tertiary/aromatic N) is 1. The Morgan fingerprint density at radius 2 is 1.43 bits per heavy atom. The van der Waals surface area contributed by atoms with Gasteiger partial charge in [0.05, 0.1) is 32.8 Å². The molecule has 1 saturated heterocycles. The number of carbonyl (C=O) groups excluding carboxylic acids is 1. The van der Waals surface area contributed by atoms with E-state index in [-0.39, 0.29) is 13.2 Å². The summed E-state index contributed by atoms with van der Waals surface area (Å²) < 4.78 is 34.7. The van der Waals surface area contributed by atoms with Crippen molar-refractivity contribution in [3.05, 3.63) is 12.0 Å². The number of hydrogen-bond donors (Lipinski definition) is 1. The molecule has 0 amide bonds. The molecular formula is C31H61NO7P+. The summed E-state index contributed by atoms with van der Waals surface area (Å²) in [5, 5.41) is 0. The van der Waals surface area contributed by atoms with Crippen molar-refractivity contribution in [1.82, 2.24) is 0 Å². The second-order valence-electron chi connectivity index (χ2n) is 11.3. The molecule has 1 N–H and O–H groups in total. The Kier molecular flexibility index (Phi) is 21.0. The first-order valence-electron chi connectivity index (χ1n) is 16.2. The predicted octanol–water partition coefficient (Wildman–Crippen LogP) is 8.43. The molecule has 1 aliphatic heterocycles. The van der Waals surface area contributed by atoms with Crippen LogP contribution in [0.3, 0.4) is 0 Å². The summed E-state index contributed by atoms with van der Waals surface area (Å²) in [4.78, 5) is 21.7. The van der Waals surface area contributed by atoms with Crippen molar-refractivity contribution in [1.29, 1.82) is 0 Å². The lowest BCUT2D eigenvalue weighted by molar-refractivity contribution is -0.894. The van der Waals surface area contributed by atoms with Crippen LogP contribution in [0.15, 0.2) is 12.0 Å².